The lowest BCUT2D eigenvalue weighted by Gasteiger charge is -2.49. The van der Waals surface area contributed by atoms with Gasteiger partial charge in [0.2, 0.25) is 0 Å². The van der Waals surface area contributed by atoms with Crippen LogP contribution in [0.2, 0.25) is 0 Å². The molecule has 0 aromatic heterocycles. The zero-order chi connectivity index (χ0) is 49.7. The van der Waals surface area contributed by atoms with Crippen LogP contribution in [-0.4, -0.2) is 285 Å². The van der Waals surface area contributed by atoms with E-state index >= 15 is 0 Å². The van der Waals surface area contributed by atoms with Gasteiger partial charge in [-0.05, 0) is 18.6 Å². The molecular weight excluding hydrogens is 957 g/mol. The molecule has 5 fully saturated rings. The van der Waals surface area contributed by atoms with Crippen LogP contribution in [0.3, 0.4) is 0 Å². The number of phosphoric acid groups is 1. The maximum Gasteiger partial charge on any atom is 0.472 e. The van der Waals surface area contributed by atoms with Gasteiger partial charge in [-0.3, -0.25) is 9.05 Å². The van der Waals surface area contributed by atoms with Crippen molar-refractivity contribution in [1.29, 1.82) is 0 Å². The van der Waals surface area contributed by atoms with Gasteiger partial charge >= 0.3 is 7.82 Å². The highest BCUT2D eigenvalue weighted by atomic mass is 32.1. The molecular formula is C36H66NO28PS. The summed E-state index contributed by atoms with van der Waals surface area (Å²) < 4.78 is 68.0. The first kappa shape index (κ1) is 57.4. The van der Waals surface area contributed by atoms with E-state index in [0.717, 1.165) is 12.8 Å². The van der Waals surface area contributed by atoms with E-state index in [1.165, 1.54) is 0 Å². The Morgan fingerprint density at radius 1 is 0.463 bits per heavy atom. The molecule has 4 aliphatic heterocycles. The average Bonchev–Trinajstić information content (AvgIpc) is 3.30. The highest BCUT2D eigenvalue weighted by Gasteiger charge is 2.57. The Morgan fingerprint density at radius 3 is 1.46 bits per heavy atom. The van der Waals surface area contributed by atoms with Crippen molar-refractivity contribution < 1.29 is 138 Å². The van der Waals surface area contributed by atoms with Gasteiger partial charge in [0.25, 0.3) is 0 Å². The second-order valence-corrected chi connectivity index (χ2v) is 18.7. The summed E-state index contributed by atoms with van der Waals surface area (Å²) in [6.07, 6.45) is -45.8. The van der Waals surface area contributed by atoms with Gasteiger partial charge in [0.05, 0.1) is 39.1 Å². The zero-order valence-corrected chi connectivity index (χ0v) is 37.4. The highest BCUT2D eigenvalue weighted by molar-refractivity contribution is 7.80. The number of aliphatic hydroxyl groups excluding tert-OH is 16. The van der Waals surface area contributed by atoms with Crippen LogP contribution >= 0.6 is 20.5 Å². The summed E-state index contributed by atoms with van der Waals surface area (Å²) in [6, 6.07) is -1.77. The molecule has 1 saturated carbocycles. The van der Waals surface area contributed by atoms with E-state index in [-0.39, 0.29) is 6.61 Å². The van der Waals surface area contributed by atoms with Crippen molar-refractivity contribution in [2.75, 3.05) is 38.8 Å². The number of nitrogens with two attached hydrogens (primary N) is 1. The van der Waals surface area contributed by atoms with Crippen molar-refractivity contribution in [2.45, 2.75) is 185 Å². The number of aliphatic hydroxyl groups is 16. The minimum Gasteiger partial charge on any atom is -0.394 e. The molecule has 27 atom stereocenters. The maximum atomic E-state index is 12.9. The molecule has 5 rings (SSSR count). The van der Waals surface area contributed by atoms with Crippen LogP contribution in [-0.2, 0) is 51.5 Å². The fraction of sp³-hybridized carbons (Fsp3) is 1.00. The summed E-state index contributed by atoms with van der Waals surface area (Å²) in [4.78, 5) is 10.5. The van der Waals surface area contributed by atoms with Crippen molar-refractivity contribution in [3.05, 3.63) is 0 Å². The lowest BCUT2D eigenvalue weighted by atomic mass is 9.84. The fourth-order valence-electron chi connectivity index (χ4n) is 8.11. The normalized spacial score (nSPS) is 48.5. The first-order valence-corrected chi connectivity index (χ1v) is 23.6. The number of unbranched alkanes of at least 4 members (excludes halogenated alkanes) is 3. The van der Waals surface area contributed by atoms with E-state index < -0.39 is 194 Å². The van der Waals surface area contributed by atoms with Crippen LogP contribution in [0.4, 0.5) is 0 Å². The SMILES string of the molecule is N[C@H]1[C@H](O[C@@H]2[C@@H](O)[C@H](O)[C@@H](O)[C@H](O)[C@@H]2OP(=O)(O)OCCCCCCS)O[C@@H](CO)[C@H](O[C@@H]2O[C@@H](CO[C@@H]3O[C@@H](CO)[C@H](O)[C@H](O)[C@@H]3O[C@@H]3O[C@@H](CO)[C@H](O)[C@H](O)[C@@H]3O)[C@H](O)[C@H](O)[C@@H]2O)[C@@H]1O. The number of hydrogen-bond donors (Lipinski definition) is 19. The lowest BCUT2D eigenvalue weighted by molar-refractivity contribution is -0.377. The molecule has 4 saturated heterocycles. The molecule has 1 aliphatic carbocycles. The van der Waals surface area contributed by atoms with E-state index in [9.17, 15) is 91.2 Å². The van der Waals surface area contributed by atoms with Crippen LogP contribution in [0.25, 0.3) is 0 Å². The number of thiol groups is 1. The minimum absolute atomic E-state index is 0.271. The summed E-state index contributed by atoms with van der Waals surface area (Å²) in [5.74, 6) is 0.635. The standard InChI is InChI=1S/C36H66NO28PS/c37-15-19(44)29(13(9-40)60-33(15)63-30-25(50)22(47)23(48)26(51)31(30)65-66(54,55)57-5-3-1-2-4-6-67)62-35-28(53)21(46)18(43)14(61-35)10-56-36-32(24(49)17(42)12(8-39)59-36)64-34-27(52)20(45)16(41)11(7-38)58-34/h11-36,38-53,67H,1-10,37H2,(H,54,55)/t11-,12-,13-,14-,15+,16-,17-,18-,19+,20-,21-,22+,23+,24-,25-,26-,27-,28-,29-,30+,31-,32-,33-,34-,35-,36+/m0/s1. The van der Waals surface area contributed by atoms with Crippen LogP contribution < -0.4 is 5.73 Å². The smallest absolute Gasteiger partial charge is 0.394 e. The fourth-order valence-corrected chi connectivity index (χ4v) is 9.30. The molecule has 31 heteroatoms. The van der Waals surface area contributed by atoms with Crippen LogP contribution in [0, 0.1) is 0 Å². The van der Waals surface area contributed by atoms with Gasteiger partial charge in [0.15, 0.2) is 25.2 Å². The highest BCUT2D eigenvalue weighted by Crippen LogP contribution is 2.48. The van der Waals surface area contributed by atoms with Gasteiger partial charge in [0.1, 0.15) is 128 Å². The maximum absolute atomic E-state index is 12.9. The third-order valence-corrected chi connectivity index (χ3v) is 13.5. The number of phosphoric ester groups is 1. The predicted octanol–water partition coefficient (Wildman–Crippen LogP) is -9.94. The van der Waals surface area contributed by atoms with Gasteiger partial charge in [-0.15, -0.1) is 0 Å². The Balaban J connectivity index is 1.26. The average molecular weight is 1020 g/mol. The Morgan fingerprint density at radius 2 is 0.896 bits per heavy atom. The van der Waals surface area contributed by atoms with Gasteiger partial charge in [-0.25, -0.2) is 4.57 Å². The largest absolute Gasteiger partial charge is 0.472 e. The van der Waals surface area contributed by atoms with Gasteiger partial charge in [-0.2, -0.15) is 12.6 Å². The van der Waals surface area contributed by atoms with Crippen LogP contribution in [0.5, 0.6) is 0 Å². The van der Waals surface area contributed by atoms with E-state index in [2.05, 4.69) is 12.6 Å². The molecule has 0 spiro atoms. The second-order valence-electron chi connectivity index (χ2n) is 16.8. The first-order valence-electron chi connectivity index (χ1n) is 21.5. The second kappa shape index (κ2) is 25.4. The van der Waals surface area contributed by atoms with Crippen molar-refractivity contribution >= 4 is 20.5 Å². The summed E-state index contributed by atoms with van der Waals surface area (Å²) in [5.41, 5.74) is 6.24. The summed E-state index contributed by atoms with van der Waals surface area (Å²) >= 11 is 4.11. The molecule has 0 bridgehead atoms. The topological polar surface area (TPSA) is 479 Å². The molecule has 0 radical (unpaired) electrons. The molecule has 0 aromatic carbocycles. The van der Waals surface area contributed by atoms with E-state index in [4.69, 9.17) is 52.7 Å². The third kappa shape index (κ3) is 13.4. The Bertz CT molecular complexity index is 1530. The van der Waals surface area contributed by atoms with E-state index in [1.807, 2.05) is 0 Å². The van der Waals surface area contributed by atoms with Crippen molar-refractivity contribution in [3.8, 4) is 0 Å². The van der Waals surface area contributed by atoms with Gasteiger partial charge in [0, 0.05) is 0 Å². The summed E-state index contributed by atoms with van der Waals surface area (Å²) in [5, 5.41) is 169. The monoisotopic (exact) mass is 1020 g/mol. The Labute approximate surface area is 387 Å². The summed E-state index contributed by atoms with van der Waals surface area (Å²) in [7, 11) is -5.06. The number of rotatable bonds is 21. The zero-order valence-electron chi connectivity index (χ0n) is 35.6. The van der Waals surface area contributed by atoms with E-state index in [1.54, 1.807) is 0 Å². The molecule has 5 aliphatic rings. The molecule has 4 heterocycles. The molecule has 67 heavy (non-hydrogen) atoms. The quantitative estimate of drug-likeness (QED) is 0.0288. The summed E-state index contributed by atoms with van der Waals surface area (Å²) in [6.45, 7) is -3.88. The first-order chi connectivity index (χ1) is 31.6. The van der Waals surface area contributed by atoms with Crippen molar-refractivity contribution in [1.82, 2.24) is 0 Å². The molecule has 29 nitrogen and oxygen atoms in total. The Kier molecular flexibility index (Phi) is 21.8. The van der Waals surface area contributed by atoms with Crippen molar-refractivity contribution in [3.63, 3.8) is 0 Å². The molecule has 0 aromatic rings. The Hall–Kier alpha value is -0.540. The molecule has 19 N–H and O–H groups in total. The van der Waals surface area contributed by atoms with Gasteiger partial charge in [-0.1, -0.05) is 12.8 Å². The third-order valence-electron chi connectivity index (χ3n) is 12.1. The molecule has 394 valence electrons. The number of hydrogen-bond acceptors (Lipinski definition) is 29. The number of ether oxygens (including phenoxy) is 8. The molecule has 0 amide bonds. The lowest BCUT2D eigenvalue weighted by Crippen LogP contribution is -2.69. The minimum atomic E-state index is -5.06. The molecule has 1 unspecified atom stereocenters. The van der Waals surface area contributed by atoms with Crippen LogP contribution in [0.15, 0.2) is 0 Å². The van der Waals surface area contributed by atoms with Crippen LogP contribution in [0.1, 0.15) is 25.7 Å². The predicted molar refractivity (Wildman–Crippen MR) is 216 cm³/mol. The van der Waals surface area contributed by atoms with Crippen molar-refractivity contribution in [2.24, 2.45) is 5.73 Å². The van der Waals surface area contributed by atoms with Gasteiger partial charge < -0.3 is 130 Å². The van der Waals surface area contributed by atoms with E-state index in [0.29, 0.717) is 18.6 Å².